The molecule has 1 N–H and O–H groups in total. The van der Waals surface area contributed by atoms with Crippen molar-refractivity contribution in [2.45, 2.75) is 18.5 Å². The molecule has 0 aliphatic heterocycles. The Kier molecular flexibility index (Phi) is 6.14. The van der Waals surface area contributed by atoms with Crippen molar-refractivity contribution in [3.05, 3.63) is 100 Å². The minimum atomic E-state index is -0.153. The summed E-state index contributed by atoms with van der Waals surface area (Å²) in [5.41, 5.74) is 3.45. The summed E-state index contributed by atoms with van der Waals surface area (Å²) >= 11 is 1.30. The number of carbonyl (C=O) groups excluding carboxylic acids is 1. The number of aromatic nitrogens is 4. The van der Waals surface area contributed by atoms with Crippen molar-refractivity contribution in [3.8, 4) is 5.69 Å². The molecular formula is C26H23N5O2S. The predicted molar refractivity (Wildman–Crippen MR) is 135 cm³/mol. The molecule has 170 valence electrons. The maximum Gasteiger partial charge on any atom is 0.267 e. The van der Waals surface area contributed by atoms with Gasteiger partial charge in [-0.05, 0) is 42.7 Å². The third-order valence-corrected chi connectivity index (χ3v) is 6.59. The first-order chi connectivity index (χ1) is 16.6. The number of rotatable bonds is 7. The van der Waals surface area contributed by atoms with Crippen LogP contribution in [0.1, 0.15) is 11.1 Å². The third kappa shape index (κ3) is 4.20. The van der Waals surface area contributed by atoms with Crippen LogP contribution in [0.3, 0.4) is 0 Å². The maximum atomic E-state index is 13.4. The highest BCUT2D eigenvalue weighted by molar-refractivity contribution is 7.99. The summed E-state index contributed by atoms with van der Waals surface area (Å²) in [5.74, 6) is 0.548. The molecule has 0 spiro atoms. The molecule has 0 saturated carbocycles. The van der Waals surface area contributed by atoms with E-state index in [2.05, 4.69) is 15.5 Å². The second kappa shape index (κ2) is 9.52. The van der Waals surface area contributed by atoms with Crippen molar-refractivity contribution in [1.29, 1.82) is 0 Å². The topological polar surface area (TPSA) is 81.3 Å². The van der Waals surface area contributed by atoms with E-state index < -0.39 is 0 Å². The average molecular weight is 470 g/mol. The highest BCUT2D eigenvalue weighted by Crippen LogP contribution is 2.24. The normalized spacial score (nSPS) is 11.2. The largest absolute Gasteiger partial charge is 0.355 e. The fourth-order valence-electron chi connectivity index (χ4n) is 3.98. The van der Waals surface area contributed by atoms with Gasteiger partial charge in [-0.25, -0.2) is 4.57 Å². The number of benzene rings is 3. The van der Waals surface area contributed by atoms with Gasteiger partial charge in [-0.1, -0.05) is 72.4 Å². The summed E-state index contributed by atoms with van der Waals surface area (Å²) in [6.45, 7) is 2.53. The molecule has 5 aromatic rings. The van der Waals surface area contributed by atoms with E-state index in [0.29, 0.717) is 28.4 Å². The van der Waals surface area contributed by atoms with Gasteiger partial charge in [-0.2, -0.15) is 0 Å². The zero-order chi connectivity index (χ0) is 23.5. The van der Waals surface area contributed by atoms with Crippen molar-refractivity contribution in [1.82, 2.24) is 24.5 Å². The zero-order valence-electron chi connectivity index (χ0n) is 18.6. The van der Waals surface area contributed by atoms with Crippen LogP contribution < -0.4 is 10.9 Å². The van der Waals surface area contributed by atoms with E-state index in [1.165, 1.54) is 17.3 Å². The molecular weight excluding hydrogens is 446 g/mol. The van der Waals surface area contributed by atoms with Gasteiger partial charge in [0.25, 0.3) is 5.56 Å². The number of hydrogen-bond donors (Lipinski definition) is 1. The number of hydrogen-bond acceptors (Lipinski definition) is 5. The van der Waals surface area contributed by atoms with Crippen LogP contribution in [0, 0.1) is 6.92 Å². The number of para-hydroxylation sites is 2. The third-order valence-electron chi connectivity index (χ3n) is 5.66. The second-order valence-corrected chi connectivity index (χ2v) is 8.88. The predicted octanol–water partition coefficient (Wildman–Crippen LogP) is 3.79. The summed E-state index contributed by atoms with van der Waals surface area (Å²) in [6.07, 6.45) is 0.776. The van der Waals surface area contributed by atoms with Crippen LogP contribution in [0.25, 0.3) is 22.4 Å². The Hall–Kier alpha value is -3.91. The van der Waals surface area contributed by atoms with E-state index in [9.17, 15) is 9.59 Å². The van der Waals surface area contributed by atoms with Crippen molar-refractivity contribution in [3.63, 3.8) is 0 Å². The molecule has 0 aliphatic rings. The van der Waals surface area contributed by atoms with Crippen LogP contribution in [0.15, 0.2) is 88.8 Å². The van der Waals surface area contributed by atoms with Gasteiger partial charge < -0.3 is 5.32 Å². The number of thioether (sulfide) groups is 1. The first-order valence-corrected chi connectivity index (χ1v) is 12.0. The highest BCUT2D eigenvalue weighted by atomic mass is 32.2. The first kappa shape index (κ1) is 21.9. The summed E-state index contributed by atoms with van der Waals surface area (Å²) in [4.78, 5) is 25.9. The van der Waals surface area contributed by atoms with E-state index >= 15 is 0 Å². The monoisotopic (exact) mass is 469 g/mol. The molecule has 3 aromatic carbocycles. The van der Waals surface area contributed by atoms with Crippen LogP contribution >= 0.6 is 11.8 Å². The first-order valence-electron chi connectivity index (χ1n) is 11.0. The lowest BCUT2D eigenvalue weighted by molar-refractivity contribution is -0.118. The fourth-order valence-corrected chi connectivity index (χ4v) is 4.75. The number of nitrogens with zero attached hydrogens (tertiary/aromatic N) is 4. The lowest BCUT2D eigenvalue weighted by Gasteiger charge is -2.13. The summed E-state index contributed by atoms with van der Waals surface area (Å²) < 4.78 is 3.44. The summed E-state index contributed by atoms with van der Waals surface area (Å²) in [6, 6.07) is 25.1. The number of nitrogens with one attached hydrogen (secondary N) is 1. The molecule has 2 aromatic heterocycles. The molecule has 0 unspecified atom stereocenters. The maximum absolute atomic E-state index is 13.4. The Bertz CT molecular complexity index is 1540. The molecule has 7 nitrogen and oxygen atoms in total. The standard InChI is InChI=1S/C26H23N5O2S/c1-18-9-5-7-13-21(18)30-24(33)20-12-6-8-14-22(20)31-25(30)28-29-26(31)34-17-23(32)27-16-15-19-10-3-2-4-11-19/h2-14H,15-17H2,1H3,(H,27,32). The quantitative estimate of drug-likeness (QED) is 0.367. The van der Waals surface area contributed by atoms with Crippen LogP contribution in [0.4, 0.5) is 0 Å². The van der Waals surface area contributed by atoms with Gasteiger partial charge in [-0.15, -0.1) is 10.2 Å². The number of aryl methyl sites for hydroxylation is 1. The molecule has 8 heteroatoms. The minimum Gasteiger partial charge on any atom is -0.355 e. The lowest BCUT2D eigenvalue weighted by Crippen LogP contribution is -2.27. The SMILES string of the molecule is Cc1ccccc1-n1c(=O)c2ccccc2n2c(SCC(=O)NCCc3ccccc3)nnc12. The van der Waals surface area contributed by atoms with Crippen molar-refractivity contribution < 1.29 is 4.79 Å². The fraction of sp³-hybridized carbons (Fsp3) is 0.154. The second-order valence-electron chi connectivity index (χ2n) is 7.94. The number of carbonyl (C=O) groups is 1. The van der Waals surface area contributed by atoms with E-state index in [1.807, 2.05) is 84.1 Å². The Morgan fingerprint density at radius 3 is 2.50 bits per heavy atom. The molecule has 0 atom stereocenters. The van der Waals surface area contributed by atoms with E-state index in [0.717, 1.165) is 17.7 Å². The van der Waals surface area contributed by atoms with Crippen LogP contribution in [-0.2, 0) is 11.2 Å². The summed E-state index contributed by atoms with van der Waals surface area (Å²) in [7, 11) is 0. The molecule has 1 amide bonds. The Balaban J connectivity index is 1.44. The van der Waals surface area contributed by atoms with Gasteiger partial charge in [0, 0.05) is 6.54 Å². The van der Waals surface area contributed by atoms with Crippen molar-refractivity contribution in [2.24, 2.45) is 0 Å². The number of amides is 1. The number of fused-ring (bicyclic) bond motifs is 3. The molecule has 0 radical (unpaired) electrons. The van der Waals surface area contributed by atoms with E-state index in [1.54, 1.807) is 10.6 Å². The van der Waals surface area contributed by atoms with Crippen LogP contribution in [-0.4, -0.2) is 37.4 Å². The van der Waals surface area contributed by atoms with Gasteiger partial charge >= 0.3 is 0 Å². The van der Waals surface area contributed by atoms with Gasteiger partial charge in [0.15, 0.2) is 5.16 Å². The average Bonchev–Trinajstić information content (AvgIpc) is 3.28. The minimum absolute atomic E-state index is 0.0748. The van der Waals surface area contributed by atoms with Gasteiger partial charge in [0.2, 0.25) is 11.7 Å². The molecule has 0 fully saturated rings. The smallest absolute Gasteiger partial charge is 0.267 e. The van der Waals surface area contributed by atoms with Crippen molar-refractivity contribution in [2.75, 3.05) is 12.3 Å². The van der Waals surface area contributed by atoms with Crippen LogP contribution in [0.2, 0.25) is 0 Å². The van der Waals surface area contributed by atoms with Gasteiger partial charge in [-0.3, -0.25) is 14.0 Å². The molecule has 0 bridgehead atoms. The van der Waals surface area contributed by atoms with Crippen LogP contribution in [0.5, 0.6) is 0 Å². The molecule has 2 heterocycles. The highest BCUT2D eigenvalue weighted by Gasteiger charge is 2.19. The molecule has 34 heavy (non-hydrogen) atoms. The van der Waals surface area contributed by atoms with E-state index in [-0.39, 0.29) is 17.2 Å². The lowest BCUT2D eigenvalue weighted by atomic mass is 10.1. The van der Waals surface area contributed by atoms with Gasteiger partial charge in [0.05, 0.1) is 22.3 Å². The Labute approximate surface area is 200 Å². The Morgan fingerprint density at radius 2 is 1.68 bits per heavy atom. The molecule has 0 saturated heterocycles. The van der Waals surface area contributed by atoms with Crippen molar-refractivity contribution >= 4 is 34.3 Å². The molecule has 5 rings (SSSR count). The van der Waals surface area contributed by atoms with Gasteiger partial charge in [0.1, 0.15) is 0 Å². The zero-order valence-corrected chi connectivity index (χ0v) is 19.5. The molecule has 0 aliphatic carbocycles. The summed E-state index contributed by atoms with van der Waals surface area (Å²) in [5, 5.41) is 12.8. The van der Waals surface area contributed by atoms with E-state index in [4.69, 9.17) is 0 Å². The Morgan fingerprint density at radius 1 is 0.941 bits per heavy atom.